The standard InChI is InChI=1S/C20H19FN4O3/c1-2-10-25-16-9-4-3-8-15(16)18(20(25)28)24-23-17(26)12-22-19(27)13-6-5-7-14(21)11-13/h3-9,11,28H,2,10,12H2,1H3,(H,22,27). The normalized spacial score (nSPS) is 11.2. The lowest BCUT2D eigenvalue weighted by atomic mass is 10.2. The molecule has 0 spiro atoms. The smallest absolute Gasteiger partial charge is 0.283 e. The number of halogens is 1. The number of fused-ring (bicyclic) bond motifs is 1. The summed E-state index contributed by atoms with van der Waals surface area (Å²) in [5.74, 6) is -1.90. The highest BCUT2D eigenvalue weighted by molar-refractivity contribution is 5.97. The lowest BCUT2D eigenvalue weighted by Gasteiger charge is -2.03. The van der Waals surface area contributed by atoms with E-state index in [0.29, 0.717) is 11.9 Å². The molecule has 2 amide bonds. The number of amides is 2. The van der Waals surface area contributed by atoms with Crippen LogP contribution in [0.3, 0.4) is 0 Å². The van der Waals surface area contributed by atoms with Crippen LogP contribution in [0.1, 0.15) is 23.7 Å². The number of nitrogens with zero attached hydrogens (tertiary/aromatic N) is 3. The molecule has 1 aromatic heterocycles. The first-order valence-electron chi connectivity index (χ1n) is 8.79. The minimum absolute atomic E-state index is 0.0663. The number of aromatic nitrogens is 1. The summed E-state index contributed by atoms with van der Waals surface area (Å²) < 4.78 is 14.9. The Bertz CT molecular complexity index is 1060. The molecule has 0 saturated heterocycles. The maximum atomic E-state index is 13.2. The van der Waals surface area contributed by atoms with Gasteiger partial charge in [-0.05, 0) is 30.7 Å². The van der Waals surface area contributed by atoms with E-state index < -0.39 is 24.2 Å². The van der Waals surface area contributed by atoms with Gasteiger partial charge in [0.15, 0.2) is 5.69 Å². The number of carbonyl (C=O) groups is 2. The van der Waals surface area contributed by atoms with Crippen LogP contribution in [0.15, 0.2) is 58.8 Å². The van der Waals surface area contributed by atoms with Crippen molar-refractivity contribution in [2.45, 2.75) is 19.9 Å². The van der Waals surface area contributed by atoms with Crippen molar-refractivity contribution < 1.29 is 19.1 Å². The molecule has 2 N–H and O–H groups in total. The van der Waals surface area contributed by atoms with Crippen molar-refractivity contribution in [3.05, 3.63) is 59.9 Å². The second-order valence-electron chi connectivity index (χ2n) is 6.13. The van der Waals surface area contributed by atoms with Crippen LogP contribution < -0.4 is 5.32 Å². The maximum absolute atomic E-state index is 13.2. The number of benzene rings is 2. The van der Waals surface area contributed by atoms with Gasteiger partial charge in [0.05, 0.1) is 5.52 Å². The van der Waals surface area contributed by atoms with Crippen LogP contribution in [0.25, 0.3) is 10.9 Å². The van der Waals surface area contributed by atoms with Gasteiger partial charge in [0.25, 0.3) is 11.8 Å². The van der Waals surface area contributed by atoms with E-state index in [1.54, 1.807) is 16.7 Å². The van der Waals surface area contributed by atoms with Crippen LogP contribution in [0.4, 0.5) is 10.1 Å². The van der Waals surface area contributed by atoms with Gasteiger partial charge in [-0.2, -0.15) is 0 Å². The molecular formula is C20H19FN4O3. The molecule has 0 aliphatic carbocycles. The predicted molar refractivity (Wildman–Crippen MR) is 102 cm³/mol. The third-order valence-corrected chi connectivity index (χ3v) is 4.11. The highest BCUT2D eigenvalue weighted by Crippen LogP contribution is 2.38. The Kier molecular flexibility index (Phi) is 5.78. The highest BCUT2D eigenvalue weighted by atomic mass is 19.1. The van der Waals surface area contributed by atoms with Crippen LogP contribution >= 0.6 is 0 Å². The van der Waals surface area contributed by atoms with Crippen molar-refractivity contribution in [3.63, 3.8) is 0 Å². The van der Waals surface area contributed by atoms with Crippen molar-refractivity contribution in [2.24, 2.45) is 10.2 Å². The van der Waals surface area contributed by atoms with Crippen molar-refractivity contribution in [3.8, 4) is 5.88 Å². The fraction of sp³-hybridized carbons (Fsp3) is 0.200. The van der Waals surface area contributed by atoms with E-state index in [1.807, 2.05) is 19.1 Å². The van der Waals surface area contributed by atoms with E-state index in [9.17, 15) is 19.1 Å². The summed E-state index contributed by atoms with van der Waals surface area (Å²) in [5.41, 5.74) is 1.10. The quantitative estimate of drug-likeness (QED) is 0.632. The number of hydrogen-bond donors (Lipinski definition) is 2. The fourth-order valence-corrected chi connectivity index (χ4v) is 2.85. The van der Waals surface area contributed by atoms with E-state index in [4.69, 9.17) is 0 Å². The number of azo groups is 1. The lowest BCUT2D eigenvalue weighted by molar-refractivity contribution is -0.117. The summed E-state index contributed by atoms with van der Waals surface area (Å²) in [6.45, 7) is 2.19. The van der Waals surface area contributed by atoms with Gasteiger partial charge in [0.2, 0.25) is 5.88 Å². The Morgan fingerprint density at radius 3 is 2.71 bits per heavy atom. The largest absolute Gasteiger partial charge is 0.493 e. The van der Waals surface area contributed by atoms with Crippen molar-refractivity contribution >= 4 is 28.4 Å². The zero-order valence-corrected chi connectivity index (χ0v) is 15.2. The minimum Gasteiger partial charge on any atom is -0.493 e. The number of carbonyl (C=O) groups excluding carboxylic acids is 2. The third-order valence-electron chi connectivity index (χ3n) is 4.11. The highest BCUT2D eigenvalue weighted by Gasteiger charge is 2.16. The second-order valence-corrected chi connectivity index (χ2v) is 6.13. The molecule has 28 heavy (non-hydrogen) atoms. The number of rotatable bonds is 6. The zero-order valence-electron chi connectivity index (χ0n) is 15.2. The first-order valence-corrected chi connectivity index (χ1v) is 8.79. The van der Waals surface area contributed by atoms with Crippen molar-refractivity contribution in [1.82, 2.24) is 9.88 Å². The van der Waals surface area contributed by atoms with E-state index in [1.165, 1.54) is 18.2 Å². The molecule has 144 valence electrons. The molecule has 3 rings (SSSR count). The average molecular weight is 382 g/mol. The molecule has 0 bridgehead atoms. The summed E-state index contributed by atoms with van der Waals surface area (Å²) in [7, 11) is 0. The van der Waals surface area contributed by atoms with Gasteiger partial charge in [-0.15, -0.1) is 10.2 Å². The van der Waals surface area contributed by atoms with Gasteiger partial charge < -0.3 is 15.0 Å². The number of hydrogen-bond acceptors (Lipinski definition) is 4. The Labute approximate surface area is 160 Å². The van der Waals surface area contributed by atoms with Crippen LogP contribution in [-0.2, 0) is 11.3 Å². The van der Waals surface area contributed by atoms with Gasteiger partial charge in [-0.1, -0.05) is 31.2 Å². The van der Waals surface area contributed by atoms with Crippen LogP contribution in [0.5, 0.6) is 5.88 Å². The number of nitrogens with one attached hydrogen (secondary N) is 1. The Morgan fingerprint density at radius 1 is 1.18 bits per heavy atom. The van der Waals surface area contributed by atoms with E-state index >= 15 is 0 Å². The third kappa shape index (κ3) is 4.06. The predicted octanol–water partition coefficient (Wildman–Crippen LogP) is 3.94. The monoisotopic (exact) mass is 382 g/mol. The molecule has 0 radical (unpaired) electrons. The summed E-state index contributed by atoms with van der Waals surface area (Å²) >= 11 is 0. The summed E-state index contributed by atoms with van der Waals surface area (Å²) in [6, 6.07) is 12.4. The molecule has 0 aliphatic rings. The Balaban J connectivity index is 1.72. The van der Waals surface area contributed by atoms with Crippen LogP contribution in [0, 0.1) is 5.82 Å². The molecule has 0 unspecified atom stereocenters. The Morgan fingerprint density at radius 2 is 1.96 bits per heavy atom. The molecule has 1 heterocycles. The number of para-hydroxylation sites is 1. The lowest BCUT2D eigenvalue weighted by Crippen LogP contribution is -2.28. The average Bonchev–Trinajstić information content (AvgIpc) is 2.96. The van der Waals surface area contributed by atoms with Crippen molar-refractivity contribution in [1.29, 1.82) is 0 Å². The molecule has 3 aromatic rings. The number of aryl methyl sites for hydroxylation is 1. The summed E-state index contributed by atoms with van der Waals surface area (Å²) in [4.78, 5) is 23.9. The van der Waals surface area contributed by atoms with E-state index in [0.717, 1.165) is 18.0 Å². The summed E-state index contributed by atoms with van der Waals surface area (Å²) in [5, 5.41) is 21.0. The molecule has 0 aliphatic heterocycles. The number of aromatic hydroxyl groups is 1. The zero-order chi connectivity index (χ0) is 20.1. The van der Waals surface area contributed by atoms with E-state index in [-0.39, 0.29) is 17.1 Å². The molecule has 0 fully saturated rings. The maximum Gasteiger partial charge on any atom is 0.283 e. The Hall–Kier alpha value is -3.55. The molecule has 7 nitrogen and oxygen atoms in total. The van der Waals surface area contributed by atoms with Gasteiger partial charge in [-0.25, -0.2) is 4.39 Å². The SMILES string of the molecule is CCCn1c(O)c(N=NC(=O)CNC(=O)c2cccc(F)c2)c2ccccc21. The van der Waals surface area contributed by atoms with Gasteiger partial charge in [0.1, 0.15) is 12.4 Å². The van der Waals surface area contributed by atoms with Gasteiger partial charge in [-0.3, -0.25) is 9.59 Å². The first kappa shape index (κ1) is 19.2. The van der Waals surface area contributed by atoms with Gasteiger partial charge >= 0.3 is 0 Å². The molecule has 0 atom stereocenters. The summed E-state index contributed by atoms with van der Waals surface area (Å²) in [6.07, 6.45) is 0.813. The van der Waals surface area contributed by atoms with Crippen molar-refractivity contribution in [2.75, 3.05) is 6.54 Å². The van der Waals surface area contributed by atoms with Crippen LogP contribution in [0.2, 0.25) is 0 Å². The van der Waals surface area contributed by atoms with E-state index in [2.05, 4.69) is 15.5 Å². The molecular weight excluding hydrogens is 363 g/mol. The minimum atomic E-state index is -0.698. The van der Waals surface area contributed by atoms with Gasteiger partial charge in [0, 0.05) is 17.5 Å². The first-order chi connectivity index (χ1) is 13.5. The fourth-order valence-electron chi connectivity index (χ4n) is 2.85. The van der Waals surface area contributed by atoms with Crippen LogP contribution in [-0.4, -0.2) is 28.0 Å². The topological polar surface area (TPSA) is 96.0 Å². The second kappa shape index (κ2) is 8.43. The molecule has 8 heteroatoms. The molecule has 2 aromatic carbocycles. The molecule has 0 saturated carbocycles.